The molecule has 0 atom stereocenters. The number of benzene rings is 2. The van der Waals surface area contributed by atoms with Crippen molar-refractivity contribution in [2.75, 3.05) is 13.2 Å². The first kappa shape index (κ1) is 16.8. The largest absolute Gasteiger partial charge is 0.493 e. The van der Waals surface area contributed by atoms with Crippen molar-refractivity contribution in [2.24, 2.45) is 0 Å². The molecule has 0 radical (unpaired) electrons. The molecule has 0 amide bonds. The van der Waals surface area contributed by atoms with Crippen molar-refractivity contribution in [3.63, 3.8) is 0 Å². The minimum absolute atomic E-state index is 0.272. The second-order valence-electron chi connectivity index (χ2n) is 6.35. The fraction of sp³-hybridized carbons (Fsp3) is 0.364. The first-order valence-corrected chi connectivity index (χ1v) is 9.00. The third-order valence-corrected chi connectivity index (χ3v) is 4.58. The summed E-state index contributed by atoms with van der Waals surface area (Å²) in [5, 5.41) is 8.84. The van der Waals surface area contributed by atoms with E-state index in [0.29, 0.717) is 0 Å². The molecule has 0 aliphatic heterocycles. The van der Waals surface area contributed by atoms with Crippen LogP contribution in [-0.4, -0.2) is 18.3 Å². The van der Waals surface area contributed by atoms with Gasteiger partial charge in [-0.05, 0) is 61.3 Å². The van der Waals surface area contributed by atoms with Gasteiger partial charge in [-0.15, -0.1) is 0 Å². The topological polar surface area (TPSA) is 29.5 Å². The average Bonchev–Trinajstić information content (AvgIpc) is 2.85. The van der Waals surface area contributed by atoms with Crippen LogP contribution in [0.25, 0.3) is 11.6 Å². The normalized spacial score (nSPS) is 13.8. The monoisotopic (exact) mass is 322 g/mol. The molecule has 2 nitrogen and oxygen atoms in total. The first-order valence-electron chi connectivity index (χ1n) is 9.00. The summed E-state index contributed by atoms with van der Waals surface area (Å²) in [5.41, 5.74) is 5.36. The molecule has 0 unspecified atom stereocenters. The van der Waals surface area contributed by atoms with Crippen LogP contribution in [-0.2, 0) is 6.42 Å². The SMILES string of the molecule is OCCCCCOc1cccc2c1CCCC(c1ccccc1)=C2. The van der Waals surface area contributed by atoms with Crippen LogP contribution in [0.1, 0.15) is 48.8 Å². The van der Waals surface area contributed by atoms with Crippen molar-refractivity contribution in [1.82, 2.24) is 0 Å². The number of aliphatic hydroxyl groups is 1. The highest BCUT2D eigenvalue weighted by Gasteiger charge is 2.14. The molecule has 2 aromatic rings. The summed E-state index contributed by atoms with van der Waals surface area (Å²) in [6.45, 7) is 1.000. The van der Waals surface area contributed by atoms with Gasteiger partial charge in [0.05, 0.1) is 6.61 Å². The summed E-state index contributed by atoms with van der Waals surface area (Å²) in [6, 6.07) is 17.0. The Bertz CT molecular complexity index is 674. The van der Waals surface area contributed by atoms with Gasteiger partial charge in [-0.2, -0.15) is 0 Å². The van der Waals surface area contributed by atoms with Crippen LogP contribution in [0.3, 0.4) is 0 Å². The summed E-state index contributed by atoms with van der Waals surface area (Å²) in [6.07, 6.45) is 8.52. The van der Waals surface area contributed by atoms with Gasteiger partial charge in [0.15, 0.2) is 0 Å². The van der Waals surface area contributed by atoms with Crippen LogP contribution >= 0.6 is 0 Å². The Morgan fingerprint density at radius 1 is 0.875 bits per heavy atom. The molecule has 2 aromatic carbocycles. The Hall–Kier alpha value is -2.06. The van der Waals surface area contributed by atoms with Gasteiger partial charge < -0.3 is 9.84 Å². The van der Waals surface area contributed by atoms with Gasteiger partial charge in [0, 0.05) is 12.2 Å². The second kappa shape index (κ2) is 8.70. The Balaban J connectivity index is 1.76. The first-order chi connectivity index (χ1) is 11.9. The maximum atomic E-state index is 8.84. The highest BCUT2D eigenvalue weighted by molar-refractivity contribution is 5.83. The standard InChI is InChI=1S/C22H26O2/c23-15-5-2-6-16-24-22-14-8-12-20-17-19(11-7-13-21(20)22)18-9-3-1-4-10-18/h1,3-4,8-10,12,14,17,23H,2,5-7,11,13,15-16H2. The molecule has 24 heavy (non-hydrogen) atoms. The molecule has 2 heteroatoms. The minimum Gasteiger partial charge on any atom is -0.493 e. The van der Waals surface area contributed by atoms with E-state index in [2.05, 4.69) is 54.6 Å². The molecule has 1 aliphatic carbocycles. The third kappa shape index (κ3) is 4.27. The van der Waals surface area contributed by atoms with Crippen molar-refractivity contribution < 1.29 is 9.84 Å². The van der Waals surface area contributed by atoms with Gasteiger partial charge in [-0.25, -0.2) is 0 Å². The lowest BCUT2D eigenvalue weighted by atomic mass is 10.0. The lowest BCUT2D eigenvalue weighted by Gasteiger charge is -2.13. The van der Waals surface area contributed by atoms with Crippen molar-refractivity contribution in [1.29, 1.82) is 0 Å². The molecular weight excluding hydrogens is 296 g/mol. The lowest BCUT2D eigenvalue weighted by Crippen LogP contribution is -2.02. The van der Waals surface area contributed by atoms with Crippen molar-refractivity contribution in [2.45, 2.75) is 38.5 Å². The Labute approximate surface area is 144 Å². The zero-order valence-electron chi connectivity index (χ0n) is 14.2. The molecule has 1 aliphatic rings. The zero-order valence-corrected chi connectivity index (χ0v) is 14.2. The van der Waals surface area contributed by atoms with E-state index in [1.807, 2.05) is 0 Å². The summed E-state index contributed by atoms with van der Waals surface area (Å²) in [5.74, 6) is 1.03. The zero-order chi connectivity index (χ0) is 16.6. The second-order valence-corrected chi connectivity index (χ2v) is 6.35. The number of hydrogen-bond acceptors (Lipinski definition) is 2. The van der Waals surface area contributed by atoms with Crippen LogP contribution in [0.4, 0.5) is 0 Å². The van der Waals surface area contributed by atoms with Crippen LogP contribution in [0.15, 0.2) is 48.5 Å². The van der Waals surface area contributed by atoms with Crippen LogP contribution < -0.4 is 4.74 Å². The van der Waals surface area contributed by atoms with Gasteiger partial charge >= 0.3 is 0 Å². The summed E-state index contributed by atoms with van der Waals surface area (Å²) >= 11 is 0. The lowest BCUT2D eigenvalue weighted by molar-refractivity contribution is 0.265. The number of unbranched alkanes of at least 4 members (excludes halogenated alkanes) is 2. The third-order valence-electron chi connectivity index (χ3n) is 4.58. The maximum absolute atomic E-state index is 8.84. The Kier molecular flexibility index (Phi) is 6.08. The minimum atomic E-state index is 0.272. The van der Waals surface area contributed by atoms with E-state index in [1.165, 1.54) is 22.3 Å². The summed E-state index contributed by atoms with van der Waals surface area (Å²) in [7, 11) is 0. The highest BCUT2D eigenvalue weighted by atomic mass is 16.5. The Morgan fingerprint density at radius 2 is 1.75 bits per heavy atom. The molecule has 0 spiro atoms. The van der Waals surface area contributed by atoms with E-state index in [9.17, 15) is 0 Å². The molecule has 0 heterocycles. The predicted octanol–water partition coefficient (Wildman–Crippen LogP) is 5.10. The maximum Gasteiger partial charge on any atom is 0.123 e. The van der Waals surface area contributed by atoms with Crippen molar-refractivity contribution in [3.05, 3.63) is 65.2 Å². The van der Waals surface area contributed by atoms with Gasteiger partial charge in [0.1, 0.15) is 5.75 Å². The van der Waals surface area contributed by atoms with E-state index in [0.717, 1.165) is 50.9 Å². The van der Waals surface area contributed by atoms with Crippen LogP contribution in [0, 0.1) is 0 Å². The highest BCUT2D eigenvalue weighted by Crippen LogP contribution is 2.33. The molecule has 1 N–H and O–H groups in total. The molecule has 126 valence electrons. The quantitative estimate of drug-likeness (QED) is 0.718. The summed E-state index contributed by atoms with van der Waals surface area (Å²) < 4.78 is 6.04. The van der Waals surface area contributed by atoms with Crippen LogP contribution in [0.5, 0.6) is 5.75 Å². The number of aliphatic hydroxyl groups excluding tert-OH is 1. The summed E-state index contributed by atoms with van der Waals surface area (Å²) in [4.78, 5) is 0. The van der Waals surface area contributed by atoms with Gasteiger partial charge in [0.25, 0.3) is 0 Å². The predicted molar refractivity (Wildman–Crippen MR) is 100 cm³/mol. The Morgan fingerprint density at radius 3 is 2.58 bits per heavy atom. The average molecular weight is 322 g/mol. The number of hydrogen-bond donors (Lipinski definition) is 1. The van der Waals surface area contributed by atoms with E-state index in [4.69, 9.17) is 9.84 Å². The van der Waals surface area contributed by atoms with E-state index >= 15 is 0 Å². The fourth-order valence-corrected chi connectivity index (χ4v) is 3.29. The smallest absolute Gasteiger partial charge is 0.123 e. The van der Waals surface area contributed by atoms with E-state index < -0.39 is 0 Å². The number of ether oxygens (including phenoxy) is 1. The van der Waals surface area contributed by atoms with Gasteiger partial charge in [-0.1, -0.05) is 48.5 Å². The molecule has 3 rings (SSSR count). The van der Waals surface area contributed by atoms with Crippen molar-refractivity contribution >= 4 is 11.6 Å². The van der Waals surface area contributed by atoms with Crippen molar-refractivity contribution in [3.8, 4) is 5.75 Å². The molecule has 0 bridgehead atoms. The molecule has 0 saturated carbocycles. The number of rotatable bonds is 7. The molecule has 0 aromatic heterocycles. The molecular formula is C22H26O2. The number of fused-ring (bicyclic) bond motifs is 1. The molecule has 0 saturated heterocycles. The van der Waals surface area contributed by atoms with Gasteiger partial charge in [0.2, 0.25) is 0 Å². The number of allylic oxidation sites excluding steroid dienone is 1. The van der Waals surface area contributed by atoms with Gasteiger partial charge in [-0.3, -0.25) is 0 Å². The fourth-order valence-electron chi connectivity index (χ4n) is 3.29. The molecule has 0 fully saturated rings. The van der Waals surface area contributed by atoms with E-state index in [1.54, 1.807) is 0 Å². The van der Waals surface area contributed by atoms with Crippen LogP contribution in [0.2, 0.25) is 0 Å². The van der Waals surface area contributed by atoms with E-state index in [-0.39, 0.29) is 6.61 Å².